The summed E-state index contributed by atoms with van der Waals surface area (Å²) >= 11 is 12.3. The fourth-order valence-corrected chi connectivity index (χ4v) is 3.54. The van der Waals surface area contributed by atoms with Crippen molar-refractivity contribution in [3.05, 3.63) is 63.6 Å². The lowest BCUT2D eigenvalue weighted by Crippen LogP contribution is -2.51. The number of nitrogens with zero attached hydrogens (tertiary/aromatic N) is 1. The Bertz CT molecular complexity index is 887. The molecule has 0 aliphatic heterocycles. The zero-order chi connectivity index (χ0) is 22.3. The molecular weight excluding hydrogens is 423 g/mol. The van der Waals surface area contributed by atoms with E-state index in [0.717, 1.165) is 5.56 Å². The van der Waals surface area contributed by atoms with Crippen LogP contribution in [0.25, 0.3) is 0 Å². The Hall–Kier alpha value is -2.24. The number of carbonyl (C=O) groups excluding carboxylic acids is 2. The Kier molecular flexibility index (Phi) is 9.00. The number of aryl methyl sites for hydroxylation is 1. The number of halogens is 2. The van der Waals surface area contributed by atoms with Crippen LogP contribution in [0.2, 0.25) is 10.0 Å². The molecule has 0 aliphatic rings. The molecule has 2 amide bonds. The van der Waals surface area contributed by atoms with E-state index >= 15 is 0 Å². The maximum atomic E-state index is 13.1. The third kappa shape index (κ3) is 6.92. The molecule has 2 aromatic carbocycles. The molecule has 0 spiro atoms. The lowest BCUT2D eigenvalue weighted by Gasteiger charge is -2.31. The molecule has 0 heterocycles. The van der Waals surface area contributed by atoms with Crippen molar-refractivity contribution in [3.63, 3.8) is 0 Å². The topological polar surface area (TPSA) is 58.6 Å². The Balaban J connectivity index is 2.25. The first kappa shape index (κ1) is 24.0. The number of benzene rings is 2. The number of carbonyl (C=O) groups is 2. The number of hydrogen-bond donors (Lipinski definition) is 1. The van der Waals surface area contributed by atoms with Crippen molar-refractivity contribution in [3.8, 4) is 5.75 Å². The summed E-state index contributed by atoms with van der Waals surface area (Å²) in [7, 11) is 0. The lowest BCUT2D eigenvalue weighted by molar-refractivity contribution is -0.143. The van der Waals surface area contributed by atoms with Gasteiger partial charge in [-0.1, -0.05) is 48.3 Å². The van der Waals surface area contributed by atoms with Crippen LogP contribution in [0, 0.1) is 6.92 Å². The summed E-state index contributed by atoms with van der Waals surface area (Å²) < 4.78 is 5.70. The molecule has 0 radical (unpaired) electrons. The van der Waals surface area contributed by atoms with E-state index in [1.807, 2.05) is 45.9 Å². The molecule has 0 unspecified atom stereocenters. The van der Waals surface area contributed by atoms with Gasteiger partial charge in [0.15, 0.2) is 6.61 Å². The lowest BCUT2D eigenvalue weighted by atomic mass is 10.1. The maximum Gasteiger partial charge on any atom is 0.261 e. The molecule has 30 heavy (non-hydrogen) atoms. The molecular formula is C23H28Cl2N2O3. The third-order valence-electron chi connectivity index (χ3n) is 4.52. The minimum absolute atomic E-state index is 0.0360. The summed E-state index contributed by atoms with van der Waals surface area (Å²) in [5.41, 5.74) is 1.74. The summed E-state index contributed by atoms with van der Waals surface area (Å²) in [6, 6.07) is 11.9. The normalized spacial score (nSPS) is 11.8. The van der Waals surface area contributed by atoms with E-state index in [1.165, 1.54) is 4.90 Å². The van der Waals surface area contributed by atoms with E-state index in [-0.39, 0.29) is 31.0 Å². The first-order valence-corrected chi connectivity index (χ1v) is 10.7. The van der Waals surface area contributed by atoms with Crippen molar-refractivity contribution in [2.75, 3.05) is 6.61 Å². The number of amides is 2. The monoisotopic (exact) mass is 450 g/mol. The zero-order valence-corrected chi connectivity index (χ0v) is 19.3. The average molecular weight is 451 g/mol. The van der Waals surface area contributed by atoms with Crippen LogP contribution in [0.1, 0.15) is 38.3 Å². The van der Waals surface area contributed by atoms with Gasteiger partial charge in [-0.2, -0.15) is 0 Å². The van der Waals surface area contributed by atoms with Crippen molar-refractivity contribution in [1.29, 1.82) is 0 Å². The van der Waals surface area contributed by atoms with Gasteiger partial charge in [0.2, 0.25) is 5.91 Å². The third-order valence-corrected chi connectivity index (χ3v) is 5.11. The first-order valence-electron chi connectivity index (χ1n) is 9.94. The van der Waals surface area contributed by atoms with Crippen LogP contribution in [0.5, 0.6) is 5.75 Å². The van der Waals surface area contributed by atoms with Crippen molar-refractivity contribution >= 4 is 35.0 Å². The number of hydrogen-bond acceptors (Lipinski definition) is 3. The summed E-state index contributed by atoms with van der Waals surface area (Å²) in [6.45, 7) is 7.58. The van der Waals surface area contributed by atoms with Crippen LogP contribution >= 0.6 is 23.2 Å². The first-order chi connectivity index (χ1) is 14.2. The van der Waals surface area contributed by atoms with Gasteiger partial charge in [0.05, 0.1) is 0 Å². The fraction of sp³-hybridized carbons (Fsp3) is 0.391. The molecule has 0 aromatic heterocycles. The van der Waals surface area contributed by atoms with Gasteiger partial charge >= 0.3 is 0 Å². The van der Waals surface area contributed by atoms with E-state index in [0.29, 0.717) is 27.8 Å². The van der Waals surface area contributed by atoms with Crippen LogP contribution in [0.15, 0.2) is 42.5 Å². The molecule has 2 rings (SSSR count). The molecule has 2 aromatic rings. The summed E-state index contributed by atoms with van der Waals surface area (Å²) in [5.74, 6) is 0.0993. The minimum Gasteiger partial charge on any atom is -0.484 e. The van der Waals surface area contributed by atoms with Crippen LogP contribution in [0.4, 0.5) is 0 Å². The van der Waals surface area contributed by atoms with E-state index in [1.54, 1.807) is 24.3 Å². The number of ether oxygens (including phenoxy) is 1. The Morgan fingerprint density at radius 2 is 1.87 bits per heavy atom. The predicted octanol–water partition coefficient (Wildman–Crippen LogP) is 5.01. The minimum atomic E-state index is -0.646. The quantitative estimate of drug-likeness (QED) is 0.583. The van der Waals surface area contributed by atoms with Crippen molar-refractivity contribution in [2.24, 2.45) is 0 Å². The molecule has 5 nitrogen and oxygen atoms in total. The fourth-order valence-electron chi connectivity index (χ4n) is 3.07. The Labute approximate surface area is 188 Å². The second kappa shape index (κ2) is 11.2. The van der Waals surface area contributed by atoms with E-state index in [9.17, 15) is 9.59 Å². The van der Waals surface area contributed by atoms with E-state index < -0.39 is 6.04 Å². The predicted molar refractivity (Wildman–Crippen MR) is 121 cm³/mol. The van der Waals surface area contributed by atoms with Gasteiger partial charge in [-0.15, -0.1) is 0 Å². The highest BCUT2D eigenvalue weighted by molar-refractivity contribution is 6.35. The molecule has 7 heteroatoms. The molecule has 162 valence electrons. The number of nitrogens with one attached hydrogen (secondary N) is 1. The van der Waals surface area contributed by atoms with Crippen LogP contribution in [-0.4, -0.2) is 35.4 Å². The van der Waals surface area contributed by atoms with Crippen LogP contribution in [-0.2, 0) is 16.1 Å². The molecule has 0 bridgehead atoms. The van der Waals surface area contributed by atoms with Crippen LogP contribution in [0.3, 0.4) is 0 Å². The van der Waals surface area contributed by atoms with Gasteiger partial charge in [0.25, 0.3) is 5.91 Å². The summed E-state index contributed by atoms with van der Waals surface area (Å²) in [4.78, 5) is 27.4. The van der Waals surface area contributed by atoms with Crippen molar-refractivity contribution in [1.82, 2.24) is 10.2 Å². The highest BCUT2D eigenvalue weighted by Crippen LogP contribution is 2.24. The van der Waals surface area contributed by atoms with Gasteiger partial charge in [0, 0.05) is 22.6 Å². The summed E-state index contributed by atoms with van der Waals surface area (Å²) in [6.07, 6.45) is 0.458. The molecule has 0 fully saturated rings. The van der Waals surface area contributed by atoms with Gasteiger partial charge in [0.1, 0.15) is 11.8 Å². The maximum absolute atomic E-state index is 13.1. The van der Waals surface area contributed by atoms with Gasteiger partial charge in [-0.05, 0) is 62.6 Å². The van der Waals surface area contributed by atoms with Gasteiger partial charge in [-0.3, -0.25) is 9.59 Å². The number of rotatable bonds is 9. The van der Waals surface area contributed by atoms with E-state index in [4.69, 9.17) is 27.9 Å². The van der Waals surface area contributed by atoms with Gasteiger partial charge < -0.3 is 15.0 Å². The van der Waals surface area contributed by atoms with Crippen molar-refractivity contribution in [2.45, 2.75) is 52.7 Å². The van der Waals surface area contributed by atoms with Crippen molar-refractivity contribution < 1.29 is 14.3 Å². The SMILES string of the molecule is CC[C@H](C(=O)NC(C)C)N(Cc1ccc(Cl)cc1Cl)C(=O)COc1cccc(C)c1. The Morgan fingerprint density at radius 3 is 2.47 bits per heavy atom. The van der Waals surface area contributed by atoms with Gasteiger partial charge in [-0.25, -0.2) is 0 Å². The largest absolute Gasteiger partial charge is 0.484 e. The molecule has 1 atom stereocenters. The second-order valence-corrected chi connectivity index (χ2v) is 8.29. The molecule has 1 N–H and O–H groups in total. The average Bonchev–Trinajstić information content (AvgIpc) is 2.67. The molecule has 0 saturated carbocycles. The second-order valence-electron chi connectivity index (χ2n) is 7.45. The standard InChI is InChI=1S/C23H28Cl2N2O3/c1-5-21(23(29)26-15(2)3)27(13-17-9-10-18(24)12-20(17)25)22(28)14-30-19-8-6-7-16(4)11-19/h6-12,15,21H,5,13-14H2,1-4H3,(H,26,29)/t21-/m1/s1. The summed E-state index contributed by atoms with van der Waals surface area (Å²) in [5, 5.41) is 3.84. The molecule has 0 saturated heterocycles. The highest BCUT2D eigenvalue weighted by Gasteiger charge is 2.29. The molecule has 0 aliphatic carbocycles. The van der Waals surface area contributed by atoms with Crippen LogP contribution < -0.4 is 10.1 Å². The smallest absolute Gasteiger partial charge is 0.261 e. The Morgan fingerprint density at radius 1 is 1.13 bits per heavy atom. The zero-order valence-electron chi connectivity index (χ0n) is 17.7. The highest BCUT2D eigenvalue weighted by atomic mass is 35.5. The van der Waals surface area contributed by atoms with E-state index in [2.05, 4.69) is 5.32 Å².